The van der Waals surface area contributed by atoms with E-state index in [1.54, 1.807) is 18.2 Å². The number of hydrogen-bond donors (Lipinski definition) is 1. The predicted molar refractivity (Wildman–Crippen MR) is 69.8 cm³/mol. The van der Waals surface area contributed by atoms with E-state index in [2.05, 4.69) is 4.98 Å². The minimum Gasteiger partial charge on any atom is -0.496 e. The first-order valence-electron chi connectivity index (χ1n) is 5.76. The lowest BCUT2D eigenvalue weighted by atomic mass is 10.0. The van der Waals surface area contributed by atoms with Crippen LogP contribution in [0, 0.1) is 5.82 Å². The second-order valence-electron chi connectivity index (χ2n) is 3.92. The van der Waals surface area contributed by atoms with Crippen LogP contribution in [0.2, 0.25) is 0 Å². The Bertz CT molecular complexity index is 553. The van der Waals surface area contributed by atoms with Gasteiger partial charge in [0.05, 0.1) is 31.5 Å². The van der Waals surface area contributed by atoms with Crippen LogP contribution in [0.5, 0.6) is 11.5 Å². The highest BCUT2D eigenvalue weighted by Crippen LogP contribution is 2.35. The first kappa shape index (κ1) is 13.3. The normalized spacial score (nSPS) is 12.0. The number of pyridine rings is 1. The monoisotopic (exact) mass is 262 g/mol. The Labute approximate surface area is 111 Å². The van der Waals surface area contributed by atoms with Gasteiger partial charge in [0.1, 0.15) is 17.3 Å². The Morgan fingerprint density at radius 3 is 2.26 bits per heavy atom. The molecule has 0 amide bonds. The Hall–Kier alpha value is -2.14. The molecule has 2 N–H and O–H groups in total. The van der Waals surface area contributed by atoms with Gasteiger partial charge in [-0.1, -0.05) is 6.07 Å². The highest BCUT2D eigenvalue weighted by molar-refractivity contribution is 5.49. The van der Waals surface area contributed by atoms with E-state index in [0.29, 0.717) is 17.1 Å². The molecule has 1 unspecified atom stereocenters. The molecule has 0 spiro atoms. The quantitative estimate of drug-likeness (QED) is 0.918. The summed E-state index contributed by atoms with van der Waals surface area (Å²) in [6, 6.07) is 7.36. The van der Waals surface area contributed by atoms with Crippen LogP contribution in [-0.4, -0.2) is 19.2 Å². The van der Waals surface area contributed by atoms with Crippen molar-refractivity contribution in [3.63, 3.8) is 0 Å². The van der Waals surface area contributed by atoms with Gasteiger partial charge < -0.3 is 15.2 Å². The maximum absolute atomic E-state index is 13.8. The molecule has 0 radical (unpaired) electrons. The van der Waals surface area contributed by atoms with Crippen molar-refractivity contribution in [3.8, 4) is 11.5 Å². The molecule has 2 aromatic rings. The zero-order valence-electron chi connectivity index (χ0n) is 10.8. The molecule has 0 aliphatic carbocycles. The van der Waals surface area contributed by atoms with Gasteiger partial charge >= 0.3 is 0 Å². The average Bonchev–Trinajstić information content (AvgIpc) is 2.46. The summed E-state index contributed by atoms with van der Waals surface area (Å²) in [5.74, 6) is 0.622. The van der Waals surface area contributed by atoms with Crippen molar-refractivity contribution in [2.45, 2.75) is 6.04 Å². The summed E-state index contributed by atoms with van der Waals surface area (Å²) in [6.07, 6.45) is 1.50. The van der Waals surface area contributed by atoms with E-state index >= 15 is 0 Å². The summed E-state index contributed by atoms with van der Waals surface area (Å²) in [4.78, 5) is 3.99. The topological polar surface area (TPSA) is 57.4 Å². The predicted octanol–water partition coefficient (Wildman–Crippen LogP) is 2.29. The first-order chi connectivity index (χ1) is 9.19. The summed E-state index contributed by atoms with van der Waals surface area (Å²) >= 11 is 0. The van der Waals surface area contributed by atoms with Crippen molar-refractivity contribution in [3.05, 3.63) is 53.6 Å². The van der Waals surface area contributed by atoms with Crippen LogP contribution in [0.15, 0.2) is 36.5 Å². The molecule has 0 fully saturated rings. The summed E-state index contributed by atoms with van der Waals surface area (Å²) in [6.45, 7) is 0. The minimum atomic E-state index is -0.757. The summed E-state index contributed by atoms with van der Waals surface area (Å²) in [7, 11) is 3.06. The van der Waals surface area contributed by atoms with Crippen LogP contribution < -0.4 is 15.2 Å². The number of rotatable bonds is 4. The highest BCUT2D eigenvalue weighted by atomic mass is 19.1. The molecular formula is C14H15FN2O2. The molecule has 0 bridgehead atoms. The van der Waals surface area contributed by atoms with E-state index in [4.69, 9.17) is 15.2 Å². The first-order valence-corrected chi connectivity index (χ1v) is 5.76. The van der Waals surface area contributed by atoms with Crippen molar-refractivity contribution in [1.82, 2.24) is 4.98 Å². The number of nitrogens with zero attached hydrogens (tertiary/aromatic N) is 1. The zero-order valence-corrected chi connectivity index (χ0v) is 10.8. The fourth-order valence-corrected chi connectivity index (χ4v) is 1.95. The van der Waals surface area contributed by atoms with Gasteiger partial charge in [-0.25, -0.2) is 4.39 Å². The van der Waals surface area contributed by atoms with Crippen LogP contribution in [0.3, 0.4) is 0 Å². The third kappa shape index (κ3) is 2.51. The van der Waals surface area contributed by atoms with E-state index in [1.807, 2.05) is 0 Å². The number of hydrogen-bond acceptors (Lipinski definition) is 4. The lowest BCUT2D eigenvalue weighted by Gasteiger charge is -2.18. The molecule has 4 nitrogen and oxygen atoms in total. The second kappa shape index (κ2) is 5.67. The van der Waals surface area contributed by atoms with Crippen LogP contribution in [-0.2, 0) is 0 Å². The van der Waals surface area contributed by atoms with Crippen molar-refractivity contribution >= 4 is 0 Å². The Morgan fingerprint density at radius 2 is 1.74 bits per heavy atom. The molecule has 0 aliphatic rings. The molecule has 1 aromatic heterocycles. The molecule has 0 saturated heterocycles. The van der Waals surface area contributed by atoms with Gasteiger partial charge in [-0.3, -0.25) is 4.98 Å². The van der Waals surface area contributed by atoms with Crippen LogP contribution in [0.25, 0.3) is 0 Å². The van der Waals surface area contributed by atoms with Crippen molar-refractivity contribution < 1.29 is 13.9 Å². The molecule has 1 atom stereocenters. The Balaban J connectivity index is 2.55. The summed E-state index contributed by atoms with van der Waals surface area (Å²) < 4.78 is 24.3. The third-order valence-electron chi connectivity index (χ3n) is 2.86. The van der Waals surface area contributed by atoms with E-state index in [0.717, 1.165) is 0 Å². The third-order valence-corrected chi connectivity index (χ3v) is 2.86. The molecule has 1 aromatic carbocycles. The molecule has 19 heavy (non-hydrogen) atoms. The highest BCUT2D eigenvalue weighted by Gasteiger charge is 2.22. The van der Waals surface area contributed by atoms with E-state index < -0.39 is 11.9 Å². The summed E-state index contributed by atoms with van der Waals surface area (Å²) in [5, 5.41) is 0. The van der Waals surface area contributed by atoms with Crippen molar-refractivity contribution in [2.24, 2.45) is 5.73 Å². The van der Waals surface area contributed by atoms with Crippen molar-refractivity contribution in [2.75, 3.05) is 14.2 Å². The largest absolute Gasteiger partial charge is 0.496 e. The van der Waals surface area contributed by atoms with E-state index in [-0.39, 0.29) is 5.69 Å². The van der Waals surface area contributed by atoms with Gasteiger partial charge in [-0.15, -0.1) is 0 Å². The number of nitrogens with two attached hydrogens (primary N) is 1. The maximum Gasteiger partial charge on any atom is 0.146 e. The summed E-state index contributed by atoms with van der Waals surface area (Å²) in [5.41, 5.74) is 6.84. The molecule has 2 rings (SSSR count). The molecule has 100 valence electrons. The molecule has 1 heterocycles. The second-order valence-corrected chi connectivity index (χ2v) is 3.92. The van der Waals surface area contributed by atoms with E-state index in [9.17, 15) is 4.39 Å². The number of benzene rings is 1. The fourth-order valence-electron chi connectivity index (χ4n) is 1.95. The van der Waals surface area contributed by atoms with Gasteiger partial charge in [-0.2, -0.15) is 0 Å². The van der Waals surface area contributed by atoms with E-state index in [1.165, 1.54) is 32.5 Å². The standard InChI is InChI=1S/C14H15FN2O2/c1-18-10-6-3-7-11(19-2)12(10)13(16)14-9(15)5-4-8-17-14/h3-8,13H,16H2,1-2H3. The van der Waals surface area contributed by atoms with Gasteiger partial charge in [0.2, 0.25) is 0 Å². The number of aromatic nitrogens is 1. The maximum atomic E-state index is 13.8. The van der Waals surface area contributed by atoms with Gasteiger partial charge in [0.25, 0.3) is 0 Å². The number of ether oxygens (including phenoxy) is 2. The molecule has 0 aliphatic heterocycles. The van der Waals surface area contributed by atoms with Gasteiger partial charge in [-0.05, 0) is 24.3 Å². The van der Waals surface area contributed by atoms with Gasteiger partial charge in [0.15, 0.2) is 0 Å². The molecule has 5 heteroatoms. The van der Waals surface area contributed by atoms with Crippen LogP contribution in [0.1, 0.15) is 17.3 Å². The smallest absolute Gasteiger partial charge is 0.146 e. The molecular weight excluding hydrogens is 247 g/mol. The van der Waals surface area contributed by atoms with Crippen molar-refractivity contribution in [1.29, 1.82) is 0 Å². The van der Waals surface area contributed by atoms with Gasteiger partial charge in [0, 0.05) is 6.20 Å². The lowest BCUT2D eigenvalue weighted by Crippen LogP contribution is -2.17. The average molecular weight is 262 g/mol. The zero-order chi connectivity index (χ0) is 13.8. The lowest BCUT2D eigenvalue weighted by molar-refractivity contribution is 0.381. The molecule has 0 saturated carbocycles. The SMILES string of the molecule is COc1cccc(OC)c1C(N)c1ncccc1F. The Kier molecular flexibility index (Phi) is 3.97. The Morgan fingerprint density at radius 1 is 1.11 bits per heavy atom. The van der Waals surface area contributed by atoms with Crippen LogP contribution in [0.4, 0.5) is 4.39 Å². The fraction of sp³-hybridized carbons (Fsp3) is 0.214. The number of methoxy groups -OCH3 is 2. The van der Waals surface area contributed by atoms with Crippen LogP contribution >= 0.6 is 0 Å². The number of halogens is 1. The minimum absolute atomic E-state index is 0.158.